The topological polar surface area (TPSA) is 110 Å². The number of fused-ring (bicyclic) bond motifs is 2. The molecule has 29 heavy (non-hydrogen) atoms. The fourth-order valence-corrected chi connectivity index (χ4v) is 3.13. The van der Waals surface area contributed by atoms with Crippen LogP contribution in [0, 0.1) is 5.82 Å². The summed E-state index contributed by atoms with van der Waals surface area (Å²) in [5.41, 5.74) is 0.938. The smallest absolute Gasteiger partial charge is 0.256 e. The minimum Gasteiger partial charge on any atom is -0.488 e. The van der Waals surface area contributed by atoms with Gasteiger partial charge in [0.1, 0.15) is 35.1 Å². The van der Waals surface area contributed by atoms with Gasteiger partial charge >= 0.3 is 0 Å². The average molecular weight is 398 g/mol. The second-order valence-electron chi connectivity index (χ2n) is 6.65. The second-order valence-corrected chi connectivity index (χ2v) is 6.65. The molecule has 3 aromatic rings. The normalized spacial score (nSPS) is 19.1. The zero-order valence-electron chi connectivity index (χ0n) is 15.8. The van der Waals surface area contributed by atoms with Gasteiger partial charge in [0.2, 0.25) is 5.91 Å². The van der Waals surface area contributed by atoms with Crippen LogP contribution in [-0.4, -0.2) is 46.1 Å². The summed E-state index contributed by atoms with van der Waals surface area (Å²) in [5, 5.41) is 12.5. The van der Waals surface area contributed by atoms with Crippen molar-refractivity contribution >= 4 is 23.3 Å². The fraction of sp³-hybridized carbons (Fsp3) is 0.263. The van der Waals surface area contributed by atoms with Crippen LogP contribution in [0.3, 0.4) is 0 Å². The molecule has 1 aliphatic rings. The third-order valence-electron chi connectivity index (χ3n) is 4.58. The van der Waals surface area contributed by atoms with Gasteiger partial charge in [-0.1, -0.05) is 0 Å². The van der Waals surface area contributed by atoms with Gasteiger partial charge in [0, 0.05) is 18.8 Å². The number of hydrogen-bond donors (Lipinski definition) is 3. The van der Waals surface area contributed by atoms with Crippen LogP contribution in [0.1, 0.15) is 28.9 Å². The molecule has 0 saturated carbocycles. The summed E-state index contributed by atoms with van der Waals surface area (Å²) >= 11 is 0. The van der Waals surface area contributed by atoms with Crippen molar-refractivity contribution in [3.8, 4) is 5.75 Å². The lowest BCUT2D eigenvalue weighted by atomic mass is 10.0. The minimum atomic E-state index is -0.969. The van der Waals surface area contributed by atoms with E-state index in [9.17, 15) is 14.0 Å². The van der Waals surface area contributed by atoms with Crippen LogP contribution in [0.5, 0.6) is 5.75 Å². The SMILES string of the molecule is CNC(=O)C1Nc2ccn3ncc(c3n2)C(=O)NCC(C)Oc2ccc(F)cc21. The molecule has 10 heteroatoms. The molecule has 0 aliphatic carbocycles. The van der Waals surface area contributed by atoms with Crippen molar-refractivity contribution in [2.45, 2.75) is 19.1 Å². The number of carbonyl (C=O) groups excluding carboxylic acids is 2. The minimum absolute atomic E-state index is 0.199. The number of nitrogens with one attached hydrogen (secondary N) is 3. The molecule has 3 heterocycles. The van der Waals surface area contributed by atoms with Crippen molar-refractivity contribution < 1.29 is 18.7 Å². The maximum atomic E-state index is 14.0. The van der Waals surface area contributed by atoms with E-state index in [0.717, 1.165) is 0 Å². The van der Waals surface area contributed by atoms with Crippen LogP contribution in [-0.2, 0) is 4.79 Å². The van der Waals surface area contributed by atoms with Gasteiger partial charge in [-0.15, -0.1) is 0 Å². The third kappa shape index (κ3) is 3.56. The van der Waals surface area contributed by atoms with E-state index in [-0.39, 0.29) is 12.5 Å². The first-order chi connectivity index (χ1) is 14.0. The molecular weight excluding hydrogens is 379 g/mol. The van der Waals surface area contributed by atoms with E-state index in [1.807, 2.05) is 0 Å². The number of benzene rings is 1. The van der Waals surface area contributed by atoms with E-state index in [1.165, 1.54) is 36.0 Å². The first-order valence-electron chi connectivity index (χ1n) is 9.03. The van der Waals surface area contributed by atoms with Gasteiger partial charge in [-0.05, 0) is 31.2 Å². The molecule has 0 spiro atoms. The second kappa shape index (κ2) is 7.38. The van der Waals surface area contributed by atoms with E-state index in [2.05, 4.69) is 26.0 Å². The van der Waals surface area contributed by atoms with Crippen LogP contribution in [0.15, 0.2) is 36.7 Å². The van der Waals surface area contributed by atoms with E-state index in [4.69, 9.17) is 4.74 Å². The van der Waals surface area contributed by atoms with Crippen LogP contribution in [0.4, 0.5) is 10.2 Å². The number of anilines is 1. The monoisotopic (exact) mass is 398 g/mol. The first-order valence-corrected chi connectivity index (χ1v) is 9.03. The Kier molecular flexibility index (Phi) is 4.75. The molecule has 1 aromatic carbocycles. The molecule has 2 amide bonds. The van der Waals surface area contributed by atoms with Gasteiger partial charge < -0.3 is 20.7 Å². The molecule has 2 atom stereocenters. The number of likely N-dealkylation sites (N-methyl/N-ethyl adjacent to an activating group) is 1. The maximum absolute atomic E-state index is 14.0. The number of rotatable bonds is 1. The van der Waals surface area contributed by atoms with Crippen LogP contribution >= 0.6 is 0 Å². The van der Waals surface area contributed by atoms with Gasteiger partial charge in [-0.2, -0.15) is 5.10 Å². The fourth-order valence-electron chi connectivity index (χ4n) is 3.13. The Bertz CT molecular complexity index is 1100. The van der Waals surface area contributed by atoms with Crippen molar-refractivity contribution in [1.82, 2.24) is 25.2 Å². The molecule has 2 bridgehead atoms. The summed E-state index contributed by atoms with van der Waals surface area (Å²) in [6, 6.07) is 4.61. The lowest BCUT2D eigenvalue weighted by Crippen LogP contribution is -2.34. The van der Waals surface area contributed by atoms with Gasteiger partial charge in [-0.3, -0.25) is 9.59 Å². The van der Waals surface area contributed by atoms with E-state index >= 15 is 0 Å². The molecule has 2 aromatic heterocycles. The van der Waals surface area contributed by atoms with Crippen molar-refractivity contribution in [2.24, 2.45) is 0 Å². The summed E-state index contributed by atoms with van der Waals surface area (Å²) < 4.78 is 21.4. The molecule has 4 rings (SSSR count). The van der Waals surface area contributed by atoms with Crippen LogP contribution < -0.4 is 20.7 Å². The summed E-state index contributed by atoms with van der Waals surface area (Å²) in [5.74, 6) is -0.593. The molecule has 0 radical (unpaired) electrons. The summed E-state index contributed by atoms with van der Waals surface area (Å²) in [6.07, 6.45) is 2.61. The molecule has 1 aliphatic heterocycles. The van der Waals surface area contributed by atoms with Gasteiger partial charge in [0.05, 0.1) is 12.7 Å². The molecule has 0 saturated heterocycles. The summed E-state index contributed by atoms with van der Waals surface area (Å²) in [7, 11) is 1.49. The largest absolute Gasteiger partial charge is 0.488 e. The highest BCUT2D eigenvalue weighted by Crippen LogP contribution is 2.30. The van der Waals surface area contributed by atoms with Gasteiger partial charge in [0.15, 0.2) is 5.65 Å². The number of ether oxygens (including phenoxy) is 1. The lowest BCUT2D eigenvalue weighted by molar-refractivity contribution is -0.121. The van der Waals surface area contributed by atoms with Crippen LogP contribution in [0.25, 0.3) is 5.65 Å². The Morgan fingerprint density at radius 2 is 2.21 bits per heavy atom. The quantitative estimate of drug-likeness (QED) is 0.570. The van der Waals surface area contributed by atoms with Crippen molar-refractivity contribution in [3.05, 3.63) is 53.6 Å². The lowest BCUT2D eigenvalue weighted by Gasteiger charge is -2.23. The van der Waals surface area contributed by atoms with Crippen molar-refractivity contribution in [1.29, 1.82) is 0 Å². The highest BCUT2D eigenvalue weighted by Gasteiger charge is 2.26. The Morgan fingerprint density at radius 1 is 1.38 bits per heavy atom. The van der Waals surface area contributed by atoms with Crippen molar-refractivity contribution in [3.63, 3.8) is 0 Å². The standard InChI is InChI=1S/C19H19FN6O3/c1-10-8-22-18(27)13-9-23-26-6-5-15(25-17(13)26)24-16(19(28)21-2)12-7-11(20)3-4-14(12)29-10/h3-7,9-10,16H,8H2,1-2H3,(H,21,28)(H,22,27)(H,24,25). The number of amides is 2. The highest BCUT2D eigenvalue weighted by atomic mass is 19.1. The predicted octanol–water partition coefficient (Wildman–Crippen LogP) is 1.28. The molecule has 2 unspecified atom stereocenters. The molecular formula is C19H19FN6O3. The van der Waals surface area contributed by atoms with Crippen molar-refractivity contribution in [2.75, 3.05) is 18.9 Å². The Morgan fingerprint density at radius 3 is 3.00 bits per heavy atom. The Balaban J connectivity index is 1.88. The number of halogens is 1. The summed E-state index contributed by atoms with van der Waals surface area (Å²) in [4.78, 5) is 29.6. The predicted molar refractivity (Wildman–Crippen MR) is 102 cm³/mol. The average Bonchev–Trinajstić information content (AvgIpc) is 3.14. The Labute approximate surface area is 165 Å². The first kappa shape index (κ1) is 18.7. The van der Waals surface area contributed by atoms with Gasteiger partial charge in [-0.25, -0.2) is 13.9 Å². The molecule has 150 valence electrons. The van der Waals surface area contributed by atoms with E-state index in [0.29, 0.717) is 28.3 Å². The number of nitrogens with zero attached hydrogens (tertiary/aromatic N) is 3. The number of aromatic nitrogens is 3. The number of hydrogen-bond acceptors (Lipinski definition) is 6. The number of carbonyl (C=O) groups is 2. The van der Waals surface area contributed by atoms with E-state index < -0.39 is 23.9 Å². The molecule has 3 N–H and O–H groups in total. The zero-order valence-corrected chi connectivity index (χ0v) is 15.8. The zero-order chi connectivity index (χ0) is 20.5. The molecule has 9 nitrogen and oxygen atoms in total. The van der Waals surface area contributed by atoms with Gasteiger partial charge in [0.25, 0.3) is 5.91 Å². The third-order valence-corrected chi connectivity index (χ3v) is 4.58. The maximum Gasteiger partial charge on any atom is 0.256 e. The van der Waals surface area contributed by atoms with E-state index in [1.54, 1.807) is 19.2 Å². The van der Waals surface area contributed by atoms with Crippen LogP contribution in [0.2, 0.25) is 0 Å². The molecule has 0 fully saturated rings. The Hall–Kier alpha value is -3.69. The highest BCUT2D eigenvalue weighted by molar-refractivity contribution is 5.99. The summed E-state index contributed by atoms with van der Waals surface area (Å²) in [6.45, 7) is 1.96.